The van der Waals surface area contributed by atoms with Crippen LogP contribution >= 0.6 is 0 Å². The molecular weight excluding hydrogens is 207 g/mol. The highest BCUT2D eigenvalue weighted by Gasteiger charge is 2.59. The molecule has 0 fully saturated rings. The van der Waals surface area contributed by atoms with Gasteiger partial charge in [-0.15, -0.1) is 0 Å². The number of hydrogen-bond acceptors (Lipinski definition) is 0. The van der Waals surface area contributed by atoms with E-state index in [-0.39, 0.29) is 0 Å². The smallest absolute Gasteiger partial charge is 0.240 e. The van der Waals surface area contributed by atoms with E-state index in [1.54, 1.807) is 0 Å². The van der Waals surface area contributed by atoms with Gasteiger partial charge in [0.25, 0.3) is 0 Å². The summed E-state index contributed by atoms with van der Waals surface area (Å²) in [5, 5.41) is 0. The van der Waals surface area contributed by atoms with E-state index in [0.717, 1.165) is 17.1 Å². The minimum atomic E-state index is -5.50. The lowest BCUT2D eigenvalue weighted by atomic mass is 10.3. The Hall–Kier alpha value is -1.14. The number of aryl methyl sites for hydroxylation is 1. The van der Waals surface area contributed by atoms with E-state index < -0.39 is 18.6 Å². The first-order valence-corrected chi connectivity index (χ1v) is 3.68. The molecular formula is C7H8F5N2+. The zero-order valence-corrected chi connectivity index (χ0v) is 7.22. The van der Waals surface area contributed by atoms with Gasteiger partial charge < -0.3 is 0 Å². The molecule has 1 heterocycles. The minimum absolute atomic E-state index is 0.785. The van der Waals surface area contributed by atoms with Crippen molar-refractivity contribution in [3.05, 3.63) is 18.7 Å². The zero-order valence-electron chi connectivity index (χ0n) is 7.22. The summed E-state index contributed by atoms with van der Waals surface area (Å²) in [6.45, 7) is -1.39. The summed E-state index contributed by atoms with van der Waals surface area (Å²) in [5.41, 5.74) is 0. The van der Waals surface area contributed by atoms with Crippen LogP contribution in [0.1, 0.15) is 0 Å². The first-order valence-electron chi connectivity index (χ1n) is 3.68. The third kappa shape index (κ3) is 2.21. The normalized spacial score (nSPS) is 13.3. The highest BCUT2D eigenvalue weighted by Crippen LogP contribution is 2.35. The Morgan fingerprint density at radius 2 is 1.79 bits per heavy atom. The molecule has 1 aromatic heterocycles. The van der Waals surface area contributed by atoms with Crippen LogP contribution in [0.5, 0.6) is 0 Å². The molecule has 0 aliphatic heterocycles. The molecule has 0 spiro atoms. The van der Waals surface area contributed by atoms with Gasteiger partial charge in [0.15, 0.2) is 6.54 Å². The Bertz CT molecular complexity index is 314. The van der Waals surface area contributed by atoms with Crippen LogP contribution in [-0.2, 0) is 13.6 Å². The quantitative estimate of drug-likeness (QED) is 0.522. The van der Waals surface area contributed by atoms with Gasteiger partial charge >= 0.3 is 12.1 Å². The molecule has 0 amide bonds. The maximum atomic E-state index is 12.5. The van der Waals surface area contributed by atoms with Crippen LogP contribution in [0.15, 0.2) is 18.7 Å². The second kappa shape index (κ2) is 3.21. The average molecular weight is 215 g/mol. The monoisotopic (exact) mass is 215 g/mol. The molecule has 14 heavy (non-hydrogen) atoms. The van der Waals surface area contributed by atoms with E-state index in [9.17, 15) is 22.0 Å². The molecule has 0 saturated heterocycles. The van der Waals surface area contributed by atoms with Gasteiger partial charge in [0.05, 0.1) is 7.05 Å². The van der Waals surface area contributed by atoms with Crippen LogP contribution in [0.3, 0.4) is 0 Å². The molecule has 0 atom stereocenters. The van der Waals surface area contributed by atoms with E-state index in [0.29, 0.717) is 0 Å². The predicted molar refractivity (Wildman–Crippen MR) is 36.6 cm³/mol. The van der Waals surface area contributed by atoms with Gasteiger partial charge in [-0.1, -0.05) is 0 Å². The lowest BCUT2D eigenvalue weighted by Gasteiger charge is -2.16. The van der Waals surface area contributed by atoms with E-state index in [1.807, 2.05) is 0 Å². The largest absolute Gasteiger partial charge is 0.457 e. The number of alkyl halides is 5. The van der Waals surface area contributed by atoms with Crippen LogP contribution in [-0.4, -0.2) is 16.7 Å². The summed E-state index contributed by atoms with van der Waals surface area (Å²) >= 11 is 0. The van der Waals surface area contributed by atoms with Crippen molar-refractivity contribution in [3.8, 4) is 0 Å². The van der Waals surface area contributed by atoms with E-state index in [4.69, 9.17) is 0 Å². The Labute approximate surface area is 76.6 Å². The number of halogens is 5. The van der Waals surface area contributed by atoms with Crippen molar-refractivity contribution in [2.75, 3.05) is 0 Å². The molecule has 0 saturated carbocycles. The van der Waals surface area contributed by atoms with Crippen LogP contribution in [0.4, 0.5) is 22.0 Å². The number of hydrogen-bond donors (Lipinski definition) is 0. The van der Waals surface area contributed by atoms with Gasteiger partial charge in [-0.3, -0.25) is 0 Å². The van der Waals surface area contributed by atoms with E-state index in [1.165, 1.54) is 17.8 Å². The van der Waals surface area contributed by atoms with Gasteiger partial charge in [0, 0.05) is 0 Å². The first kappa shape index (κ1) is 10.9. The fraction of sp³-hybridized carbons (Fsp3) is 0.571. The minimum Gasteiger partial charge on any atom is -0.240 e. The molecule has 0 N–H and O–H groups in total. The molecule has 7 heteroatoms. The maximum Gasteiger partial charge on any atom is 0.457 e. The van der Waals surface area contributed by atoms with Crippen molar-refractivity contribution in [2.24, 2.45) is 7.05 Å². The fourth-order valence-corrected chi connectivity index (χ4v) is 0.914. The summed E-state index contributed by atoms with van der Waals surface area (Å²) in [4.78, 5) is 0. The number of aromatic nitrogens is 2. The molecule has 0 unspecified atom stereocenters. The van der Waals surface area contributed by atoms with Gasteiger partial charge in [0.2, 0.25) is 6.33 Å². The highest BCUT2D eigenvalue weighted by atomic mass is 19.4. The summed E-state index contributed by atoms with van der Waals surface area (Å²) in [7, 11) is 1.53. The zero-order chi connectivity index (χ0) is 11.0. The Balaban J connectivity index is 2.78. The van der Waals surface area contributed by atoms with Crippen molar-refractivity contribution < 1.29 is 26.5 Å². The fourth-order valence-electron chi connectivity index (χ4n) is 0.914. The molecule has 0 aliphatic carbocycles. The third-order valence-electron chi connectivity index (χ3n) is 1.62. The van der Waals surface area contributed by atoms with Crippen molar-refractivity contribution in [3.63, 3.8) is 0 Å². The van der Waals surface area contributed by atoms with Gasteiger partial charge in [-0.2, -0.15) is 22.0 Å². The van der Waals surface area contributed by atoms with Crippen LogP contribution < -0.4 is 4.57 Å². The van der Waals surface area contributed by atoms with Crippen LogP contribution in [0.25, 0.3) is 0 Å². The van der Waals surface area contributed by atoms with Gasteiger partial charge in [0.1, 0.15) is 12.4 Å². The second-order valence-corrected chi connectivity index (χ2v) is 2.95. The Morgan fingerprint density at radius 3 is 2.14 bits per heavy atom. The van der Waals surface area contributed by atoms with Crippen molar-refractivity contribution in [1.82, 2.24) is 4.57 Å². The number of nitrogens with zero attached hydrogens (tertiary/aromatic N) is 2. The summed E-state index contributed by atoms with van der Waals surface area (Å²) < 4.78 is 62.4. The molecule has 0 bridgehead atoms. The van der Waals surface area contributed by atoms with Crippen LogP contribution in [0, 0.1) is 0 Å². The Morgan fingerprint density at radius 1 is 1.21 bits per heavy atom. The molecule has 1 aromatic rings. The topological polar surface area (TPSA) is 8.81 Å². The number of imidazole rings is 1. The molecule has 0 radical (unpaired) electrons. The van der Waals surface area contributed by atoms with Crippen molar-refractivity contribution >= 4 is 0 Å². The maximum absolute atomic E-state index is 12.5. The third-order valence-corrected chi connectivity index (χ3v) is 1.62. The summed E-state index contributed by atoms with van der Waals surface area (Å²) in [5.74, 6) is -4.70. The standard InChI is InChI=1S/C7H8F5N2/c1-13-2-3-14(5-13)4-6(8,9)7(10,11)12/h2-3,5H,4H2,1H3/q+1. The Kier molecular flexibility index (Phi) is 2.51. The van der Waals surface area contributed by atoms with Gasteiger partial charge in [-0.25, -0.2) is 9.13 Å². The van der Waals surface area contributed by atoms with Crippen molar-refractivity contribution in [1.29, 1.82) is 0 Å². The van der Waals surface area contributed by atoms with E-state index >= 15 is 0 Å². The summed E-state index contributed by atoms with van der Waals surface area (Å²) in [6.07, 6.45) is -1.82. The molecule has 80 valence electrons. The molecule has 0 aliphatic rings. The van der Waals surface area contributed by atoms with Crippen molar-refractivity contribution in [2.45, 2.75) is 18.6 Å². The highest BCUT2D eigenvalue weighted by molar-refractivity contribution is 4.72. The lowest BCUT2D eigenvalue weighted by molar-refractivity contribution is -0.718. The molecule has 0 aromatic carbocycles. The molecule has 2 nitrogen and oxygen atoms in total. The predicted octanol–water partition coefficient (Wildman–Crippen LogP) is 1.51. The SMILES string of the molecule is Cn1cc[n+](CC(F)(F)C(F)(F)F)c1. The lowest BCUT2D eigenvalue weighted by Crippen LogP contribution is -2.49. The van der Waals surface area contributed by atoms with Crippen LogP contribution in [0.2, 0.25) is 0 Å². The number of rotatable bonds is 2. The second-order valence-electron chi connectivity index (χ2n) is 2.95. The average Bonchev–Trinajstić information content (AvgIpc) is 2.31. The first-order chi connectivity index (χ1) is 6.22. The molecule has 1 rings (SSSR count). The summed E-state index contributed by atoms with van der Waals surface area (Å²) in [6, 6.07) is 0. The van der Waals surface area contributed by atoms with Gasteiger partial charge in [-0.05, 0) is 0 Å². The van der Waals surface area contributed by atoms with E-state index in [2.05, 4.69) is 0 Å².